The van der Waals surface area contributed by atoms with Gasteiger partial charge in [0.15, 0.2) is 17.4 Å². The molecule has 1 fully saturated rings. The molecule has 3 amide bonds. The van der Waals surface area contributed by atoms with Crippen molar-refractivity contribution in [1.29, 1.82) is 0 Å². The van der Waals surface area contributed by atoms with E-state index in [0.29, 0.717) is 6.61 Å². The van der Waals surface area contributed by atoms with Crippen molar-refractivity contribution in [3.63, 3.8) is 0 Å². The molecular weight excluding hydrogens is 340 g/mol. The third-order valence-corrected chi connectivity index (χ3v) is 5.42. The Bertz CT molecular complexity index is 682. The zero-order valence-electron chi connectivity index (χ0n) is 14.6. The van der Waals surface area contributed by atoms with Crippen LogP contribution in [0, 0.1) is 0 Å². The highest BCUT2D eigenvalue weighted by molar-refractivity contribution is 8.13. The molecule has 0 N–H and O–H groups in total. The van der Waals surface area contributed by atoms with E-state index >= 15 is 0 Å². The maximum Gasteiger partial charge on any atom is 0.328 e. The van der Waals surface area contributed by atoms with Crippen molar-refractivity contribution in [2.45, 2.75) is 18.8 Å². The number of likely N-dealkylation sites (N-methyl/N-ethyl adjacent to an activating group) is 2. The molecule has 1 aromatic rings. The summed E-state index contributed by atoms with van der Waals surface area (Å²) in [4.78, 5) is 35.0. The molecule has 2 heterocycles. The number of imide groups is 1. The topological polar surface area (TPSA) is 65.5 Å². The minimum absolute atomic E-state index is 0.203. The average Bonchev–Trinajstić information content (AvgIpc) is 2.95. The van der Waals surface area contributed by atoms with E-state index in [1.807, 2.05) is 42.3 Å². The zero-order valence-corrected chi connectivity index (χ0v) is 15.4. The van der Waals surface area contributed by atoms with Crippen molar-refractivity contribution in [3.8, 4) is 0 Å². The minimum Gasteiger partial charge on any atom is -0.384 e. The molecule has 0 saturated carbocycles. The Morgan fingerprint density at radius 1 is 1.16 bits per heavy atom. The van der Waals surface area contributed by atoms with Gasteiger partial charge in [0, 0.05) is 27.0 Å². The summed E-state index contributed by atoms with van der Waals surface area (Å²) in [5.74, 6) is 0.546. The molecule has 3 rings (SSSR count). The first-order valence-corrected chi connectivity index (χ1v) is 9.07. The first kappa shape index (κ1) is 17.8. The van der Waals surface area contributed by atoms with Crippen LogP contribution in [0.15, 0.2) is 35.3 Å². The molecule has 1 saturated heterocycles. The number of thioether (sulfide) groups is 1. The smallest absolute Gasteiger partial charge is 0.328 e. The number of aliphatic imine (C=N–C) groups is 1. The van der Waals surface area contributed by atoms with Gasteiger partial charge in [0.2, 0.25) is 0 Å². The third-order valence-electron chi connectivity index (χ3n) is 4.39. The lowest BCUT2D eigenvalue weighted by Gasteiger charge is -2.40. The predicted octanol–water partition coefficient (Wildman–Crippen LogP) is 1.46. The number of urea groups is 1. The number of ether oxygens (including phenoxy) is 1. The van der Waals surface area contributed by atoms with Crippen LogP contribution in [0.3, 0.4) is 0 Å². The van der Waals surface area contributed by atoms with Gasteiger partial charge in [0.05, 0.1) is 13.2 Å². The summed E-state index contributed by atoms with van der Waals surface area (Å²) < 4.78 is 5.06. The molecule has 7 nitrogen and oxygen atoms in total. The van der Waals surface area contributed by atoms with Gasteiger partial charge in [-0.3, -0.25) is 9.69 Å². The Morgan fingerprint density at radius 3 is 2.56 bits per heavy atom. The lowest BCUT2D eigenvalue weighted by Crippen LogP contribution is -2.64. The van der Waals surface area contributed by atoms with Crippen LogP contribution in [0.25, 0.3) is 0 Å². The van der Waals surface area contributed by atoms with E-state index in [1.54, 1.807) is 19.1 Å². The number of benzene rings is 1. The van der Waals surface area contributed by atoms with Crippen LogP contribution in [-0.4, -0.2) is 77.6 Å². The number of carbonyl (C=O) groups excluding carboxylic acids is 2. The Balaban J connectivity index is 1.78. The number of amidine groups is 1. The van der Waals surface area contributed by atoms with Gasteiger partial charge in [-0.25, -0.2) is 9.79 Å². The Morgan fingerprint density at radius 2 is 1.88 bits per heavy atom. The highest BCUT2D eigenvalue weighted by Gasteiger charge is 2.50. The lowest BCUT2D eigenvalue weighted by molar-refractivity contribution is -0.137. The van der Waals surface area contributed by atoms with E-state index < -0.39 is 12.2 Å². The van der Waals surface area contributed by atoms with Crippen molar-refractivity contribution < 1.29 is 14.3 Å². The largest absolute Gasteiger partial charge is 0.384 e. The number of methoxy groups -OCH3 is 1. The van der Waals surface area contributed by atoms with Gasteiger partial charge in [-0.2, -0.15) is 0 Å². The summed E-state index contributed by atoms with van der Waals surface area (Å²) in [6.45, 7) is 0.877. The molecule has 1 aromatic carbocycles. The fourth-order valence-corrected chi connectivity index (χ4v) is 3.94. The second-order valence-electron chi connectivity index (χ2n) is 6.03. The first-order chi connectivity index (χ1) is 12.0. The molecule has 2 atom stereocenters. The standard InChI is InChI=1S/C17H22N4O3S/c1-19-13-14(18-16(19)25-10-9-24-3)20(2)17(23)21(15(13)22)11-12-7-5-4-6-8-12/h4-8,13-14H,9-11H2,1-3H3. The number of nitrogens with zero attached hydrogens (tertiary/aromatic N) is 4. The predicted molar refractivity (Wildman–Crippen MR) is 97.3 cm³/mol. The number of hydrogen-bond acceptors (Lipinski definition) is 6. The molecule has 0 radical (unpaired) electrons. The van der Waals surface area contributed by atoms with Crippen LogP contribution in [0.5, 0.6) is 0 Å². The molecule has 0 spiro atoms. The molecule has 8 heteroatoms. The minimum atomic E-state index is -0.476. The summed E-state index contributed by atoms with van der Waals surface area (Å²) >= 11 is 1.54. The molecule has 0 bridgehead atoms. The van der Waals surface area contributed by atoms with Crippen molar-refractivity contribution >= 4 is 28.9 Å². The van der Waals surface area contributed by atoms with Gasteiger partial charge in [-0.1, -0.05) is 42.1 Å². The summed E-state index contributed by atoms with van der Waals surface area (Å²) in [5, 5.41) is 0.765. The lowest BCUT2D eigenvalue weighted by atomic mass is 10.1. The number of fused-ring (bicyclic) bond motifs is 1. The summed E-state index contributed by atoms with van der Waals surface area (Å²) in [5.41, 5.74) is 0.923. The summed E-state index contributed by atoms with van der Waals surface area (Å²) in [7, 11) is 5.20. The average molecular weight is 362 g/mol. The van der Waals surface area contributed by atoms with Crippen LogP contribution < -0.4 is 0 Å². The molecule has 25 heavy (non-hydrogen) atoms. The second kappa shape index (κ2) is 7.45. The maximum absolute atomic E-state index is 13.0. The van der Waals surface area contributed by atoms with Crippen LogP contribution >= 0.6 is 11.8 Å². The molecule has 134 valence electrons. The monoisotopic (exact) mass is 362 g/mol. The van der Waals surface area contributed by atoms with Crippen LogP contribution in [-0.2, 0) is 16.1 Å². The Labute approximate surface area is 151 Å². The molecular formula is C17H22N4O3S. The van der Waals surface area contributed by atoms with Crippen molar-refractivity contribution in [1.82, 2.24) is 14.7 Å². The van der Waals surface area contributed by atoms with E-state index in [4.69, 9.17) is 4.74 Å². The zero-order chi connectivity index (χ0) is 18.0. The number of rotatable bonds is 5. The van der Waals surface area contributed by atoms with E-state index in [1.165, 1.54) is 16.7 Å². The highest BCUT2D eigenvalue weighted by atomic mass is 32.2. The van der Waals surface area contributed by atoms with Gasteiger partial charge >= 0.3 is 6.03 Å². The van der Waals surface area contributed by atoms with Crippen LogP contribution in [0.2, 0.25) is 0 Å². The fourth-order valence-electron chi connectivity index (χ4n) is 3.01. The quantitative estimate of drug-likeness (QED) is 0.742. The van der Waals surface area contributed by atoms with Gasteiger partial charge < -0.3 is 14.5 Å². The van der Waals surface area contributed by atoms with Crippen LogP contribution in [0.1, 0.15) is 5.56 Å². The van der Waals surface area contributed by atoms with E-state index in [2.05, 4.69) is 4.99 Å². The normalized spacial score (nSPS) is 23.2. The molecule has 0 aromatic heterocycles. The molecule has 2 aliphatic heterocycles. The van der Waals surface area contributed by atoms with E-state index in [0.717, 1.165) is 16.5 Å². The van der Waals surface area contributed by atoms with Gasteiger partial charge in [0.1, 0.15) is 0 Å². The Hall–Kier alpha value is -2.06. The fraction of sp³-hybridized carbons (Fsp3) is 0.471. The van der Waals surface area contributed by atoms with E-state index in [-0.39, 0.29) is 18.5 Å². The third kappa shape index (κ3) is 3.36. The first-order valence-electron chi connectivity index (χ1n) is 8.09. The van der Waals surface area contributed by atoms with Crippen molar-refractivity contribution in [2.75, 3.05) is 33.6 Å². The number of amides is 3. The highest BCUT2D eigenvalue weighted by Crippen LogP contribution is 2.30. The number of carbonyl (C=O) groups is 2. The molecule has 0 aliphatic carbocycles. The Kier molecular flexibility index (Phi) is 5.29. The second-order valence-corrected chi connectivity index (χ2v) is 7.09. The van der Waals surface area contributed by atoms with Gasteiger partial charge in [0.25, 0.3) is 5.91 Å². The van der Waals surface area contributed by atoms with E-state index in [9.17, 15) is 9.59 Å². The van der Waals surface area contributed by atoms with Crippen molar-refractivity contribution in [2.24, 2.45) is 4.99 Å². The molecule has 2 aliphatic rings. The van der Waals surface area contributed by atoms with Crippen molar-refractivity contribution in [3.05, 3.63) is 35.9 Å². The number of hydrogen-bond donors (Lipinski definition) is 0. The molecule has 2 unspecified atom stereocenters. The summed E-state index contributed by atoms with van der Waals surface area (Å²) in [6.07, 6.45) is -0.470. The van der Waals surface area contributed by atoms with Crippen LogP contribution in [0.4, 0.5) is 4.79 Å². The summed E-state index contributed by atoms with van der Waals surface area (Å²) in [6, 6.07) is 8.74. The van der Waals surface area contributed by atoms with Gasteiger partial charge in [-0.15, -0.1) is 0 Å². The maximum atomic E-state index is 13.0. The SMILES string of the molecule is COCCSC1=NC2C(C(=O)N(Cc3ccccc3)C(=O)N2C)N1C. The van der Waals surface area contributed by atoms with Gasteiger partial charge in [-0.05, 0) is 5.56 Å².